The molecule has 0 radical (unpaired) electrons. The Labute approximate surface area is 98.3 Å². The highest BCUT2D eigenvalue weighted by Gasteiger charge is 2.31. The molecule has 0 aliphatic heterocycles. The van der Waals surface area contributed by atoms with Crippen molar-refractivity contribution in [1.29, 1.82) is 0 Å². The van der Waals surface area contributed by atoms with Crippen LogP contribution in [0, 0.1) is 5.92 Å². The number of aromatic nitrogens is 2. The maximum absolute atomic E-state index is 5.65. The molecule has 15 heavy (non-hydrogen) atoms. The lowest BCUT2D eigenvalue weighted by Crippen LogP contribution is -2.38. The molecular formula is C10H17BrN4. The number of hydrogen-bond donors (Lipinski definition) is 2. The normalized spacial score (nSPS) is 18.9. The Morgan fingerprint density at radius 2 is 2.47 bits per heavy atom. The van der Waals surface area contributed by atoms with E-state index in [9.17, 15) is 0 Å². The summed E-state index contributed by atoms with van der Waals surface area (Å²) < 4.78 is 3.06. The Morgan fingerprint density at radius 1 is 1.73 bits per heavy atom. The van der Waals surface area contributed by atoms with Crippen LogP contribution in [0.25, 0.3) is 0 Å². The number of hydrazine groups is 1. The second kappa shape index (κ2) is 4.63. The summed E-state index contributed by atoms with van der Waals surface area (Å²) in [5.41, 5.74) is 4.12. The fourth-order valence-electron chi connectivity index (χ4n) is 2.14. The summed E-state index contributed by atoms with van der Waals surface area (Å²) in [4.78, 5) is 0. The highest BCUT2D eigenvalue weighted by molar-refractivity contribution is 9.10. The molecule has 4 nitrogen and oxygen atoms in total. The van der Waals surface area contributed by atoms with Crippen LogP contribution in [0.3, 0.4) is 0 Å². The first-order valence-corrected chi connectivity index (χ1v) is 6.24. The Balaban J connectivity index is 2.27. The zero-order valence-corrected chi connectivity index (χ0v) is 10.5. The first-order chi connectivity index (χ1) is 7.27. The third-order valence-electron chi connectivity index (χ3n) is 3.23. The zero-order valence-electron chi connectivity index (χ0n) is 8.91. The molecule has 3 N–H and O–H groups in total. The van der Waals surface area contributed by atoms with Gasteiger partial charge in [0.2, 0.25) is 0 Å². The molecule has 1 aromatic rings. The third-order valence-corrected chi connectivity index (χ3v) is 3.84. The van der Waals surface area contributed by atoms with Gasteiger partial charge in [0.25, 0.3) is 0 Å². The van der Waals surface area contributed by atoms with E-state index in [0.29, 0.717) is 5.92 Å². The third kappa shape index (κ3) is 1.96. The number of nitrogens with one attached hydrogen (secondary N) is 1. The van der Waals surface area contributed by atoms with Gasteiger partial charge in [0.05, 0.1) is 22.4 Å². The van der Waals surface area contributed by atoms with E-state index in [2.05, 4.69) is 33.4 Å². The number of halogens is 1. The molecule has 2 rings (SSSR count). The van der Waals surface area contributed by atoms with Crippen molar-refractivity contribution < 1.29 is 0 Å². The van der Waals surface area contributed by atoms with Gasteiger partial charge in [0.1, 0.15) is 0 Å². The Morgan fingerprint density at radius 3 is 2.93 bits per heavy atom. The van der Waals surface area contributed by atoms with E-state index in [4.69, 9.17) is 5.84 Å². The zero-order chi connectivity index (χ0) is 10.8. The van der Waals surface area contributed by atoms with Gasteiger partial charge >= 0.3 is 0 Å². The molecule has 1 saturated carbocycles. The molecule has 5 heteroatoms. The predicted molar refractivity (Wildman–Crippen MR) is 63.0 cm³/mol. The molecule has 0 bridgehead atoms. The summed E-state index contributed by atoms with van der Waals surface area (Å²) >= 11 is 3.54. The van der Waals surface area contributed by atoms with Crippen molar-refractivity contribution in [3.05, 3.63) is 16.4 Å². The van der Waals surface area contributed by atoms with Crippen molar-refractivity contribution in [2.75, 3.05) is 0 Å². The summed E-state index contributed by atoms with van der Waals surface area (Å²) in [6.07, 6.45) is 5.69. The molecule has 1 heterocycles. The minimum atomic E-state index is 0.232. The molecule has 84 valence electrons. The lowest BCUT2D eigenvalue weighted by molar-refractivity contribution is 0.222. The van der Waals surface area contributed by atoms with E-state index in [0.717, 1.165) is 11.0 Å². The van der Waals surface area contributed by atoms with Crippen LogP contribution >= 0.6 is 15.9 Å². The van der Waals surface area contributed by atoms with Crippen LogP contribution in [-0.2, 0) is 6.54 Å². The molecule has 1 unspecified atom stereocenters. The maximum atomic E-state index is 5.65. The quantitative estimate of drug-likeness (QED) is 0.651. The van der Waals surface area contributed by atoms with Gasteiger partial charge in [0, 0.05) is 6.54 Å². The Hall–Kier alpha value is -0.390. The van der Waals surface area contributed by atoms with E-state index < -0.39 is 0 Å². The summed E-state index contributed by atoms with van der Waals surface area (Å²) in [5.74, 6) is 6.32. The Bertz CT molecular complexity index is 332. The van der Waals surface area contributed by atoms with Gasteiger partial charge in [0.15, 0.2) is 0 Å². The van der Waals surface area contributed by atoms with E-state index >= 15 is 0 Å². The largest absolute Gasteiger partial charge is 0.271 e. The van der Waals surface area contributed by atoms with E-state index in [1.807, 2.05) is 10.9 Å². The van der Waals surface area contributed by atoms with E-state index in [1.165, 1.54) is 25.0 Å². The van der Waals surface area contributed by atoms with Crippen LogP contribution in [0.4, 0.5) is 0 Å². The minimum Gasteiger partial charge on any atom is -0.271 e. The van der Waals surface area contributed by atoms with Crippen molar-refractivity contribution in [2.45, 2.75) is 38.8 Å². The van der Waals surface area contributed by atoms with Crippen molar-refractivity contribution in [1.82, 2.24) is 15.2 Å². The lowest BCUT2D eigenvalue weighted by atomic mass is 9.79. The fraction of sp³-hybridized carbons (Fsp3) is 0.700. The van der Waals surface area contributed by atoms with Crippen molar-refractivity contribution in [2.24, 2.45) is 11.8 Å². The van der Waals surface area contributed by atoms with Crippen LogP contribution in [0.1, 0.15) is 37.9 Å². The molecule has 0 aromatic carbocycles. The number of hydrogen-bond acceptors (Lipinski definition) is 3. The Kier molecular flexibility index (Phi) is 3.43. The van der Waals surface area contributed by atoms with Crippen LogP contribution in [0.5, 0.6) is 0 Å². The van der Waals surface area contributed by atoms with Crippen molar-refractivity contribution in [3.63, 3.8) is 0 Å². The average molecular weight is 273 g/mol. The summed E-state index contributed by atoms with van der Waals surface area (Å²) in [5, 5.41) is 4.32. The average Bonchev–Trinajstić information content (AvgIpc) is 2.53. The van der Waals surface area contributed by atoms with Gasteiger partial charge in [-0.1, -0.05) is 6.42 Å². The highest BCUT2D eigenvalue weighted by atomic mass is 79.9. The van der Waals surface area contributed by atoms with E-state index in [-0.39, 0.29) is 6.04 Å². The molecule has 0 spiro atoms. The van der Waals surface area contributed by atoms with Gasteiger partial charge in [-0.3, -0.25) is 16.0 Å². The molecule has 0 saturated heterocycles. The number of nitrogens with two attached hydrogens (primary N) is 1. The van der Waals surface area contributed by atoms with Gasteiger partial charge < -0.3 is 0 Å². The molecule has 1 atom stereocenters. The fourth-order valence-corrected chi connectivity index (χ4v) is 2.69. The maximum Gasteiger partial charge on any atom is 0.0711 e. The molecule has 0 amide bonds. The molecule has 1 aliphatic carbocycles. The summed E-state index contributed by atoms with van der Waals surface area (Å²) in [6, 6.07) is 0.232. The molecule has 1 fully saturated rings. The first-order valence-electron chi connectivity index (χ1n) is 5.45. The minimum absolute atomic E-state index is 0.232. The molecular weight excluding hydrogens is 256 g/mol. The second-order valence-electron chi connectivity index (χ2n) is 4.03. The lowest BCUT2D eigenvalue weighted by Gasteiger charge is -2.33. The van der Waals surface area contributed by atoms with Crippen LogP contribution < -0.4 is 11.3 Å². The standard InChI is InChI=1S/C10H17BrN4/c1-2-15-10(8(11)6-13-15)9(14-12)7-4-3-5-7/h6-7,9,14H,2-5,12H2,1H3. The molecule has 1 aromatic heterocycles. The van der Waals surface area contributed by atoms with Gasteiger partial charge in [-0.25, -0.2) is 0 Å². The number of aryl methyl sites for hydroxylation is 1. The van der Waals surface area contributed by atoms with Gasteiger partial charge in [-0.05, 0) is 41.6 Å². The smallest absolute Gasteiger partial charge is 0.0711 e. The monoisotopic (exact) mass is 272 g/mol. The number of nitrogens with zero attached hydrogens (tertiary/aromatic N) is 2. The van der Waals surface area contributed by atoms with Crippen LogP contribution in [-0.4, -0.2) is 9.78 Å². The first kappa shape index (κ1) is 11.1. The predicted octanol–water partition coefficient (Wildman–Crippen LogP) is 1.97. The molecule has 1 aliphatic rings. The highest BCUT2D eigenvalue weighted by Crippen LogP contribution is 2.39. The SMILES string of the molecule is CCn1ncc(Br)c1C(NN)C1CCC1. The van der Waals surface area contributed by atoms with Crippen molar-refractivity contribution >= 4 is 15.9 Å². The van der Waals surface area contributed by atoms with Crippen LogP contribution in [0.2, 0.25) is 0 Å². The van der Waals surface area contributed by atoms with Gasteiger partial charge in [-0.2, -0.15) is 5.10 Å². The topological polar surface area (TPSA) is 55.9 Å². The van der Waals surface area contributed by atoms with Crippen LogP contribution in [0.15, 0.2) is 10.7 Å². The van der Waals surface area contributed by atoms with E-state index in [1.54, 1.807) is 0 Å². The van der Waals surface area contributed by atoms with Gasteiger partial charge in [-0.15, -0.1) is 0 Å². The summed E-state index contributed by atoms with van der Waals surface area (Å²) in [6.45, 7) is 2.98. The number of rotatable bonds is 4. The second-order valence-corrected chi connectivity index (χ2v) is 4.88. The summed E-state index contributed by atoms with van der Waals surface area (Å²) in [7, 11) is 0. The van der Waals surface area contributed by atoms with Crippen molar-refractivity contribution in [3.8, 4) is 0 Å².